The van der Waals surface area contributed by atoms with Crippen LogP contribution in [0.2, 0.25) is 0 Å². The van der Waals surface area contributed by atoms with E-state index in [1.165, 1.54) is 11.3 Å². The van der Waals surface area contributed by atoms with Gasteiger partial charge in [0.25, 0.3) is 0 Å². The van der Waals surface area contributed by atoms with E-state index < -0.39 is 0 Å². The first kappa shape index (κ1) is 4.65. The molecule has 1 nitrogen and oxygen atoms in total. The Labute approximate surface area is 46.8 Å². The summed E-state index contributed by atoms with van der Waals surface area (Å²) in [7, 11) is 0. The fraction of sp³-hybridized carbons (Fsp3) is 0.200. The zero-order chi connectivity index (χ0) is 5.28. The molecule has 0 aromatic carbocycles. The summed E-state index contributed by atoms with van der Waals surface area (Å²) in [5, 5.41) is 2.61. The average Bonchev–Trinajstić information content (AvgIpc) is 1.91. The molecule has 1 heterocycles. The van der Waals surface area contributed by atoms with Gasteiger partial charge >= 0.3 is 0 Å². The van der Waals surface area contributed by atoms with Crippen LogP contribution >= 0.6 is 11.3 Å². The third-order valence-electron chi connectivity index (χ3n) is 0.862. The van der Waals surface area contributed by atoms with Crippen LogP contribution < -0.4 is 5.73 Å². The van der Waals surface area contributed by atoms with Gasteiger partial charge in [-0.1, -0.05) is 0 Å². The molecule has 0 aliphatic heterocycles. The highest BCUT2D eigenvalue weighted by atomic mass is 32.1. The number of hydrogen-bond acceptors (Lipinski definition) is 1. The summed E-state index contributed by atoms with van der Waals surface area (Å²) in [5.41, 5.74) is 8.19. The summed E-state index contributed by atoms with van der Waals surface area (Å²) in [6.07, 6.45) is 0. The summed E-state index contributed by atoms with van der Waals surface area (Å²) < 4.78 is 0. The van der Waals surface area contributed by atoms with E-state index in [9.17, 15) is 0 Å². The molecule has 2 heteroatoms. The number of thiophene rings is 1. The Hall–Kier alpha value is -0.500. The molecule has 1 aromatic heterocycles. The van der Waals surface area contributed by atoms with Crippen molar-refractivity contribution < 1.29 is 0 Å². The fourth-order valence-electron chi connectivity index (χ4n) is 0.373. The van der Waals surface area contributed by atoms with Crippen molar-refractivity contribution in [2.75, 3.05) is 0 Å². The molecule has 0 atom stereocenters. The molecule has 0 aliphatic carbocycles. The van der Waals surface area contributed by atoms with Gasteiger partial charge in [-0.2, -0.15) is 0 Å². The molecule has 0 bridgehead atoms. The molecule has 7 heavy (non-hydrogen) atoms. The van der Waals surface area contributed by atoms with Gasteiger partial charge in [-0.15, -0.1) is 11.3 Å². The van der Waals surface area contributed by atoms with E-state index in [4.69, 9.17) is 5.73 Å². The minimum Gasteiger partial charge on any atom is -0.290 e. The zero-order valence-electron chi connectivity index (χ0n) is 4.06. The monoisotopic (exact) mass is 112 g/mol. The smallest absolute Gasteiger partial charge is 0.110 e. The van der Waals surface area contributed by atoms with E-state index in [0.29, 0.717) is 5.00 Å². The van der Waals surface area contributed by atoms with Gasteiger partial charge in [0.2, 0.25) is 0 Å². The molecule has 37 valence electrons. The molecule has 0 unspecified atom stereocenters. The van der Waals surface area contributed by atoms with E-state index in [0.717, 1.165) is 5.56 Å². The Bertz CT molecular complexity index is 140. The summed E-state index contributed by atoms with van der Waals surface area (Å²) in [6, 6.07) is 1.95. The van der Waals surface area contributed by atoms with E-state index in [1.54, 1.807) is 0 Å². The van der Waals surface area contributed by atoms with E-state index in [1.807, 2.05) is 18.4 Å². The zero-order valence-corrected chi connectivity index (χ0v) is 4.88. The minimum atomic E-state index is 0.681. The van der Waals surface area contributed by atoms with Gasteiger partial charge in [-0.25, -0.2) is 0 Å². The number of aryl methyl sites for hydroxylation is 1. The van der Waals surface area contributed by atoms with Gasteiger partial charge in [0.05, 0.1) is 0 Å². The van der Waals surface area contributed by atoms with Gasteiger partial charge in [-0.05, 0) is 23.9 Å². The second-order valence-corrected chi connectivity index (χ2v) is 2.35. The lowest BCUT2D eigenvalue weighted by Gasteiger charge is -1.78. The Morgan fingerprint density at radius 2 is 2.43 bits per heavy atom. The van der Waals surface area contributed by atoms with E-state index in [2.05, 4.69) is 0 Å². The van der Waals surface area contributed by atoms with Crippen LogP contribution in [0, 0.1) is 6.92 Å². The maximum atomic E-state index is 7.12. The van der Waals surface area contributed by atoms with Gasteiger partial charge in [0, 0.05) is 0 Å². The molecule has 1 N–H and O–H groups in total. The summed E-state index contributed by atoms with van der Waals surface area (Å²) in [5.74, 6) is 0. The van der Waals surface area contributed by atoms with Crippen LogP contribution in [0.5, 0.6) is 0 Å². The predicted octanol–water partition coefficient (Wildman–Crippen LogP) is 1.97. The van der Waals surface area contributed by atoms with E-state index >= 15 is 0 Å². The maximum absolute atomic E-state index is 7.12. The minimum absolute atomic E-state index is 0.681. The van der Waals surface area contributed by atoms with Crippen LogP contribution in [-0.2, 0) is 0 Å². The third-order valence-corrected chi connectivity index (χ3v) is 1.69. The second kappa shape index (κ2) is 1.54. The van der Waals surface area contributed by atoms with Gasteiger partial charge in [0.1, 0.15) is 5.00 Å². The lowest BCUT2D eigenvalue weighted by atomic mass is 10.4. The highest BCUT2D eigenvalue weighted by Gasteiger charge is 1.89. The topological polar surface area (TPSA) is 23.8 Å². The maximum Gasteiger partial charge on any atom is 0.110 e. The van der Waals surface area contributed by atoms with Crippen molar-refractivity contribution in [2.45, 2.75) is 6.92 Å². The predicted molar refractivity (Wildman–Crippen MR) is 31.8 cm³/mol. The highest BCUT2D eigenvalue weighted by Crippen LogP contribution is 2.18. The van der Waals surface area contributed by atoms with Crippen LogP contribution in [0.1, 0.15) is 5.56 Å². The van der Waals surface area contributed by atoms with Crippen molar-refractivity contribution >= 4 is 16.3 Å². The number of nitrogens with one attached hydrogen (secondary N) is 1. The van der Waals surface area contributed by atoms with Crippen molar-refractivity contribution in [3.05, 3.63) is 17.0 Å². The highest BCUT2D eigenvalue weighted by molar-refractivity contribution is 7.13. The molecule has 1 rings (SSSR count). The molecule has 0 aliphatic rings. The molecular weight excluding hydrogens is 106 g/mol. The molecule has 0 amide bonds. The van der Waals surface area contributed by atoms with Crippen molar-refractivity contribution in [1.82, 2.24) is 5.73 Å². The van der Waals surface area contributed by atoms with Crippen molar-refractivity contribution in [2.24, 2.45) is 0 Å². The van der Waals surface area contributed by atoms with Gasteiger partial charge in [0.15, 0.2) is 0 Å². The standard InChI is InChI=1S/C5H6NS/c1-4-2-3-7-5(4)6/h2-3,6H,1H3. The molecule has 1 aromatic rings. The van der Waals surface area contributed by atoms with Crippen LogP contribution in [-0.4, -0.2) is 0 Å². The van der Waals surface area contributed by atoms with Crippen LogP contribution in [0.4, 0.5) is 5.00 Å². The molecule has 0 fully saturated rings. The lowest BCUT2D eigenvalue weighted by Crippen LogP contribution is -1.60. The van der Waals surface area contributed by atoms with Crippen LogP contribution in [0.25, 0.3) is 0 Å². The number of rotatable bonds is 0. The average molecular weight is 112 g/mol. The van der Waals surface area contributed by atoms with Gasteiger partial charge in [-0.3, -0.25) is 5.73 Å². The molecule has 0 saturated heterocycles. The van der Waals surface area contributed by atoms with Crippen LogP contribution in [0.15, 0.2) is 11.4 Å². The Morgan fingerprint density at radius 3 is 2.57 bits per heavy atom. The molecular formula is C5H6NS. The molecule has 0 saturated carbocycles. The summed E-state index contributed by atoms with van der Waals surface area (Å²) in [4.78, 5) is 0. The van der Waals surface area contributed by atoms with E-state index in [-0.39, 0.29) is 0 Å². The third kappa shape index (κ3) is 0.747. The van der Waals surface area contributed by atoms with Crippen molar-refractivity contribution in [3.8, 4) is 0 Å². The quantitative estimate of drug-likeness (QED) is 0.490. The van der Waals surface area contributed by atoms with Crippen LogP contribution in [0.3, 0.4) is 0 Å². The SMILES string of the molecule is Cc1ccsc1[NH]. The Morgan fingerprint density at radius 1 is 1.71 bits per heavy atom. The first-order valence-corrected chi connectivity index (χ1v) is 2.94. The molecule has 0 spiro atoms. The normalized spacial score (nSPS) is 9.29. The first-order chi connectivity index (χ1) is 3.30. The number of hydrogen-bond donors (Lipinski definition) is 0. The summed E-state index contributed by atoms with van der Waals surface area (Å²) in [6.45, 7) is 1.94. The summed E-state index contributed by atoms with van der Waals surface area (Å²) >= 11 is 1.47. The second-order valence-electron chi connectivity index (χ2n) is 1.43. The van der Waals surface area contributed by atoms with Crippen molar-refractivity contribution in [3.63, 3.8) is 0 Å². The van der Waals surface area contributed by atoms with Crippen molar-refractivity contribution in [1.29, 1.82) is 0 Å². The first-order valence-electron chi connectivity index (χ1n) is 2.06. The largest absolute Gasteiger partial charge is 0.290 e. The fourth-order valence-corrected chi connectivity index (χ4v) is 1.03. The molecule has 1 radical (unpaired) electrons. The van der Waals surface area contributed by atoms with Gasteiger partial charge < -0.3 is 0 Å². The lowest BCUT2D eigenvalue weighted by molar-refractivity contribution is 1.46. The Balaban J connectivity index is 3.12. The Kier molecular flexibility index (Phi) is 1.02.